The molecule has 0 aliphatic carbocycles. The van der Waals surface area contributed by atoms with E-state index in [1.54, 1.807) is 26.2 Å². The summed E-state index contributed by atoms with van der Waals surface area (Å²) in [6.07, 6.45) is -0.524. The van der Waals surface area contributed by atoms with Crippen LogP contribution in [0.15, 0.2) is 21.9 Å². The van der Waals surface area contributed by atoms with Crippen molar-refractivity contribution < 1.29 is 18.7 Å². The van der Waals surface area contributed by atoms with Crippen LogP contribution in [0.4, 0.5) is 4.79 Å². The van der Waals surface area contributed by atoms with E-state index in [9.17, 15) is 9.59 Å². The van der Waals surface area contributed by atoms with Crippen LogP contribution < -0.4 is 10.6 Å². The number of aryl methyl sites for hydroxylation is 1. The van der Waals surface area contributed by atoms with E-state index in [2.05, 4.69) is 15.6 Å². The van der Waals surface area contributed by atoms with Gasteiger partial charge in [0.2, 0.25) is 0 Å². The Hall–Kier alpha value is -2.35. The van der Waals surface area contributed by atoms with Gasteiger partial charge in [-0.25, -0.2) is 9.78 Å². The summed E-state index contributed by atoms with van der Waals surface area (Å²) in [4.78, 5) is 28.5. The van der Waals surface area contributed by atoms with Crippen molar-refractivity contribution >= 4 is 23.3 Å². The maximum absolute atomic E-state index is 12.4. The maximum Gasteiger partial charge on any atom is 0.407 e. The number of amides is 2. The highest BCUT2D eigenvalue weighted by Crippen LogP contribution is 2.25. The van der Waals surface area contributed by atoms with E-state index in [0.717, 1.165) is 5.76 Å². The number of carbonyl (C=O) groups excluding carboxylic acids is 2. The highest BCUT2D eigenvalue weighted by Gasteiger charge is 2.25. The van der Waals surface area contributed by atoms with Crippen molar-refractivity contribution in [1.29, 1.82) is 0 Å². The van der Waals surface area contributed by atoms with E-state index < -0.39 is 17.2 Å². The van der Waals surface area contributed by atoms with Crippen LogP contribution in [0.1, 0.15) is 50.9 Å². The SMILES string of the molecule is Cc1ccc(-c2nc(C(=O)NC(C)(C)CNC(=O)OC(C)(C)C)cs2)o1. The van der Waals surface area contributed by atoms with Crippen molar-refractivity contribution in [2.45, 2.75) is 52.7 Å². The van der Waals surface area contributed by atoms with E-state index in [1.165, 1.54) is 11.3 Å². The van der Waals surface area contributed by atoms with Gasteiger partial charge in [-0.15, -0.1) is 11.3 Å². The third-order valence-corrected chi connectivity index (χ3v) is 4.07. The van der Waals surface area contributed by atoms with Gasteiger partial charge in [0.1, 0.15) is 17.1 Å². The van der Waals surface area contributed by atoms with Gasteiger partial charge in [0.05, 0.1) is 5.54 Å². The molecule has 0 aromatic carbocycles. The summed E-state index contributed by atoms with van der Waals surface area (Å²) in [6.45, 7) is 11.1. The lowest BCUT2D eigenvalue weighted by Gasteiger charge is -2.27. The molecule has 0 radical (unpaired) electrons. The van der Waals surface area contributed by atoms with Crippen molar-refractivity contribution in [2.75, 3.05) is 6.54 Å². The van der Waals surface area contributed by atoms with Gasteiger partial charge in [-0.1, -0.05) is 0 Å². The summed E-state index contributed by atoms with van der Waals surface area (Å²) in [5.41, 5.74) is -0.929. The maximum atomic E-state index is 12.4. The van der Waals surface area contributed by atoms with E-state index in [1.807, 2.05) is 32.9 Å². The Balaban J connectivity index is 1.93. The Labute approximate surface area is 157 Å². The molecule has 0 aliphatic rings. The topological polar surface area (TPSA) is 93.5 Å². The molecule has 26 heavy (non-hydrogen) atoms. The van der Waals surface area contributed by atoms with Crippen LogP contribution in [0, 0.1) is 6.92 Å². The van der Waals surface area contributed by atoms with Crippen LogP contribution in [0.5, 0.6) is 0 Å². The number of nitrogens with zero attached hydrogens (tertiary/aromatic N) is 1. The Morgan fingerprint density at radius 2 is 1.92 bits per heavy atom. The van der Waals surface area contributed by atoms with Crippen LogP contribution >= 0.6 is 11.3 Å². The molecule has 0 saturated heterocycles. The average Bonchev–Trinajstić information content (AvgIpc) is 3.11. The first kappa shape index (κ1) is 20.0. The third kappa shape index (κ3) is 5.87. The molecule has 0 aliphatic heterocycles. The molecule has 2 N–H and O–H groups in total. The Morgan fingerprint density at radius 1 is 1.23 bits per heavy atom. The second kappa shape index (κ2) is 7.49. The monoisotopic (exact) mass is 379 g/mol. The molecule has 8 heteroatoms. The minimum Gasteiger partial charge on any atom is -0.459 e. The van der Waals surface area contributed by atoms with Crippen molar-refractivity contribution in [1.82, 2.24) is 15.6 Å². The van der Waals surface area contributed by atoms with Gasteiger partial charge < -0.3 is 19.8 Å². The van der Waals surface area contributed by atoms with E-state index in [-0.39, 0.29) is 12.5 Å². The summed E-state index contributed by atoms with van der Waals surface area (Å²) in [7, 11) is 0. The smallest absolute Gasteiger partial charge is 0.407 e. The van der Waals surface area contributed by atoms with E-state index in [4.69, 9.17) is 9.15 Å². The first-order valence-corrected chi connectivity index (χ1v) is 9.15. The zero-order valence-corrected chi connectivity index (χ0v) is 16.7. The fourth-order valence-corrected chi connectivity index (χ4v) is 2.82. The number of carbonyl (C=O) groups is 2. The quantitative estimate of drug-likeness (QED) is 0.825. The predicted molar refractivity (Wildman–Crippen MR) is 100 cm³/mol. The van der Waals surface area contributed by atoms with Crippen LogP contribution in [0.3, 0.4) is 0 Å². The summed E-state index contributed by atoms with van der Waals surface area (Å²) >= 11 is 1.34. The molecule has 2 heterocycles. The van der Waals surface area contributed by atoms with E-state index >= 15 is 0 Å². The lowest BCUT2D eigenvalue weighted by molar-refractivity contribution is 0.0509. The average molecular weight is 379 g/mol. The van der Waals surface area contributed by atoms with Gasteiger partial charge in [0, 0.05) is 11.9 Å². The van der Waals surface area contributed by atoms with Crippen molar-refractivity contribution in [2.24, 2.45) is 0 Å². The Bertz CT molecular complexity index is 786. The number of ether oxygens (including phenoxy) is 1. The van der Waals surface area contributed by atoms with Gasteiger partial charge in [0.15, 0.2) is 10.8 Å². The Kier molecular flexibility index (Phi) is 5.75. The number of furan rings is 1. The first-order chi connectivity index (χ1) is 12.0. The van der Waals surface area contributed by atoms with Crippen LogP contribution in [-0.4, -0.2) is 34.7 Å². The predicted octanol–water partition coefficient (Wildman–Crippen LogP) is 3.74. The van der Waals surface area contributed by atoms with Crippen molar-refractivity contribution in [3.63, 3.8) is 0 Å². The zero-order valence-electron chi connectivity index (χ0n) is 15.9. The number of thiazole rings is 1. The molecule has 142 valence electrons. The standard InChI is InChI=1S/C18H25N3O4S/c1-11-7-8-13(24-11)15-20-12(9-26-15)14(22)21-18(5,6)10-19-16(23)25-17(2,3)4/h7-9H,10H2,1-6H3,(H,19,23)(H,21,22). The van der Waals surface area contributed by atoms with Crippen molar-refractivity contribution in [3.05, 3.63) is 29.0 Å². The summed E-state index contributed by atoms with van der Waals surface area (Å²) < 4.78 is 10.7. The third-order valence-electron chi connectivity index (χ3n) is 3.21. The van der Waals surface area contributed by atoms with Crippen LogP contribution in [-0.2, 0) is 4.74 Å². The first-order valence-electron chi connectivity index (χ1n) is 8.27. The van der Waals surface area contributed by atoms with Gasteiger partial charge in [0.25, 0.3) is 5.91 Å². The molecule has 0 saturated carbocycles. The zero-order chi connectivity index (χ0) is 19.5. The molecular formula is C18H25N3O4S. The normalized spacial score (nSPS) is 11.9. The summed E-state index contributed by atoms with van der Waals surface area (Å²) in [5, 5.41) is 7.85. The largest absolute Gasteiger partial charge is 0.459 e. The number of hydrogen-bond acceptors (Lipinski definition) is 6. The second-order valence-electron chi connectivity index (χ2n) is 7.64. The molecule has 0 unspecified atom stereocenters. The molecule has 2 aromatic rings. The highest BCUT2D eigenvalue weighted by molar-refractivity contribution is 7.13. The van der Waals surface area contributed by atoms with Gasteiger partial charge in [-0.2, -0.15) is 0 Å². The number of rotatable bonds is 5. The summed E-state index contributed by atoms with van der Waals surface area (Å²) in [5.74, 6) is 1.11. The number of aromatic nitrogens is 1. The lowest BCUT2D eigenvalue weighted by Crippen LogP contribution is -2.52. The molecule has 0 atom stereocenters. The highest BCUT2D eigenvalue weighted by atomic mass is 32.1. The summed E-state index contributed by atoms with van der Waals surface area (Å²) in [6, 6.07) is 3.67. The molecule has 2 rings (SSSR count). The van der Waals surface area contributed by atoms with Gasteiger partial charge in [-0.3, -0.25) is 4.79 Å². The minimum atomic E-state index is -0.668. The molecule has 0 fully saturated rings. The van der Waals surface area contributed by atoms with Crippen LogP contribution in [0.2, 0.25) is 0 Å². The lowest BCUT2D eigenvalue weighted by atomic mass is 10.1. The van der Waals surface area contributed by atoms with Crippen molar-refractivity contribution in [3.8, 4) is 10.8 Å². The molecule has 0 bridgehead atoms. The molecular weight excluding hydrogens is 354 g/mol. The molecule has 7 nitrogen and oxygen atoms in total. The van der Waals surface area contributed by atoms with Crippen LogP contribution in [0.25, 0.3) is 10.8 Å². The van der Waals surface area contributed by atoms with Gasteiger partial charge >= 0.3 is 6.09 Å². The second-order valence-corrected chi connectivity index (χ2v) is 8.50. The van der Waals surface area contributed by atoms with E-state index in [0.29, 0.717) is 16.5 Å². The molecule has 2 aromatic heterocycles. The fourth-order valence-electron chi connectivity index (χ4n) is 2.06. The number of alkyl carbamates (subject to hydrolysis) is 1. The minimum absolute atomic E-state index is 0.224. The molecule has 0 spiro atoms. The fraction of sp³-hybridized carbons (Fsp3) is 0.500. The number of nitrogens with one attached hydrogen (secondary N) is 2. The number of hydrogen-bond donors (Lipinski definition) is 2. The Morgan fingerprint density at radius 3 is 2.50 bits per heavy atom. The molecule has 2 amide bonds. The van der Waals surface area contributed by atoms with Gasteiger partial charge in [-0.05, 0) is 53.7 Å².